The molecule has 2 aromatic rings. The first kappa shape index (κ1) is 25.1. The summed E-state index contributed by atoms with van der Waals surface area (Å²) in [5.74, 6) is -0.738. The average Bonchev–Trinajstić information content (AvgIpc) is 3.34. The molecule has 1 aliphatic heterocycles. The number of amides is 2. The number of alkyl carbamates (subject to hydrolysis) is 1. The van der Waals surface area contributed by atoms with Crippen LogP contribution in [0, 0.1) is 11.3 Å². The molecule has 8 heteroatoms. The molecule has 186 valence electrons. The Morgan fingerprint density at radius 3 is 2.29 bits per heavy atom. The van der Waals surface area contributed by atoms with Crippen molar-refractivity contribution in [3.8, 4) is 11.1 Å². The van der Waals surface area contributed by atoms with E-state index in [2.05, 4.69) is 29.6 Å². The van der Waals surface area contributed by atoms with Crippen molar-refractivity contribution in [1.82, 2.24) is 10.2 Å². The molecular formula is C27H32N2O5S. The third-order valence-corrected chi connectivity index (χ3v) is 8.09. The molecule has 3 unspecified atom stereocenters. The number of nitrogens with one attached hydrogen (secondary N) is 1. The second kappa shape index (κ2) is 10.3. The van der Waals surface area contributed by atoms with Crippen LogP contribution in [-0.2, 0) is 14.3 Å². The fraction of sp³-hybridized carbons (Fsp3) is 0.444. The Morgan fingerprint density at radius 2 is 1.74 bits per heavy atom. The Labute approximate surface area is 210 Å². The normalized spacial score (nSPS) is 21.8. The summed E-state index contributed by atoms with van der Waals surface area (Å²) in [6.07, 6.45) is 1.74. The molecule has 1 fully saturated rings. The van der Waals surface area contributed by atoms with Crippen LogP contribution in [0.2, 0.25) is 0 Å². The van der Waals surface area contributed by atoms with Crippen LogP contribution in [0.3, 0.4) is 0 Å². The minimum absolute atomic E-state index is 0.0656. The Morgan fingerprint density at radius 1 is 1.14 bits per heavy atom. The van der Waals surface area contributed by atoms with Gasteiger partial charge in [0.2, 0.25) is 5.91 Å². The van der Waals surface area contributed by atoms with Crippen molar-refractivity contribution in [3.63, 3.8) is 0 Å². The van der Waals surface area contributed by atoms with Gasteiger partial charge in [-0.05, 0) is 53.5 Å². The first-order chi connectivity index (χ1) is 16.8. The number of rotatable bonds is 8. The van der Waals surface area contributed by atoms with Crippen molar-refractivity contribution < 1.29 is 24.2 Å². The molecule has 3 atom stereocenters. The highest BCUT2D eigenvalue weighted by atomic mass is 32.2. The SMILES string of the molecule is CSCCC(NC(=O)OCC1c2ccccc2-c2ccccc21)C(=O)N1CC(C)C(C)(C(=O)O)C1. The third-order valence-electron chi connectivity index (χ3n) is 7.45. The van der Waals surface area contributed by atoms with Gasteiger partial charge < -0.3 is 20.1 Å². The number of nitrogens with zero attached hydrogens (tertiary/aromatic N) is 1. The molecule has 2 N–H and O–H groups in total. The van der Waals surface area contributed by atoms with E-state index in [0.29, 0.717) is 18.7 Å². The monoisotopic (exact) mass is 496 g/mol. The molecule has 0 spiro atoms. The van der Waals surface area contributed by atoms with E-state index in [1.165, 1.54) is 0 Å². The lowest BCUT2D eigenvalue weighted by molar-refractivity contribution is -0.149. The van der Waals surface area contributed by atoms with Crippen molar-refractivity contribution in [2.75, 3.05) is 31.7 Å². The molecule has 1 heterocycles. The number of carboxylic acid groups (broad SMARTS) is 1. The molecule has 1 saturated heterocycles. The largest absolute Gasteiger partial charge is 0.481 e. The minimum atomic E-state index is -0.997. The molecule has 7 nitrogen and oxygen atoms in total. The van der Waals surface area contributed by atoms with Crippen molar-refractivity contribution in [1.29, 1.82) is 0 Å². The van der Waals surface area contributed by atoms with Gasteiger partial charge in [0.25, 0.3) is 0 Å². The van der Waals surface area contributed by atoms with E-state index < -0.39 is 23.5 Å². The Balaban J connectivity index is 1.43. The molecule has 4 rings (SSSR count). The molecule has 2 aromatic carbocycles. The van der Waals surface area contributed by atoms with E-state index in [9.17, 15) is 19.5 Å². The van der Waals surface area contributed by atoms with Gasteiger partial charge >= 0.3 is 12.1 Å². The maximum absolute atomic E-state index is 13.3. The summed E-state index contributed by atoms with van der Waals surface area (Å²) in [5.41, 5.74) is 3.54. The average molecular weight is 497 g/mol. The number of carbonyl (C=O) groups excluding carboxylic acids is 2. The van der Waals surface area contributed by atoms with Gasteiger partial charge in [0.15, 0.2) is 0 Å². The number of benzene rings is 2. The summed E-state index contributed by atoms with van der Waals surface area (Å²) in [6.45, 7) is 4.16. The van der Waals surface area contributed by atoms with E-state index in [1.54, 1.807) is 23.6 Å². The van der Waals surface area contributed by atoms with Gasteiger partial charge in [-0.2, -0.15) is 11.8 Å². The quantitative estimate of drug-likeness (QED) is 0.568. The summed E-state index contributed by atoms with van der Waals surface area (Å²) >= 11 is 1.58. The fourth-order valence-electron chi connectivity index (χ4n) is 5.09. The summed E-state index contributed by atoms with van der Waals surface area (Å²) < 4.78 is 5.64. The van der Waals surface area contributed by atoms with Crippen LogP contribution in [0.5, 0.6) is 0 Å². The number of hydrogen-bond donors (Lipinski definition) is 2. The van der Waals surface area contributed by atoms with Gasteiger partial charge in [-0.15, -0.1) is 0 Å². The van der Waals surface area contributed by atoms with Crippen molar-refractivity contribution in [3.05, 3.63) is 59.7 Å². The summed E-state index contributed by atoms with van der Waals surface area (Å²) in [7, 11) is 0. The van der Waals surface area contributed by atoms with Crippen LogP contribution in [-0.4, -0.2) is 65.7 Å². The molecule has 2 aliphatic rings. The number of likely N-dealkylation sites (tertiary alicyclic amines) is 1. The molecular weight excluding hydrogens is 464 g/mol. The predicted octanol–water partition coefficient (Wildman–Crippen LogP) is 4.22. The van der Waals surface area contributed by atoms with Crippen molar-refractivity contribution >= 4 is 29.7 Å². The van der Waals surface area contributed by atoms with Crippen LogP contribution in [0.15, 0.2) is 48.5 Å². The third kappa shape index (κ3) is 4.89. The van der Waals surface area contributed by atoms with Crippen LogP contribution in [0.1, 0.15) is 37.3 Å². The first-order valence-electron chi connectivity index (χ1n) is 11.9. The van der Waals surface area contributed by atoms with Gasteiger partial charge in [-0.1, -0.05) is 55.5 Å². The lowest BCUT2D eigenvalue weighted by atomic mass is 9.81. The maximum atomic E-state index is 13.3. The number of hydrogen-bond acceptors (Lipinski definition) is 5. The zero-order valence-corrected chi connectivity index (χ0v) is 21.1. The number of carbonyl (C=O) groups is 3. The van der Waals surface area contributed by atoms with Gasteiger partial charge in [0, 0.05) is 19.0 Å². The Kier molecular flexibility index (Phi) is 7.40. The number of carboxylic acids is 1. The molecule has 0 bridgehead atoms. The summed E-state index contributed by atoms with van der Waals surface area (Å²) in [4.78, 5) is 39.4. The molecule has 0 radical (unpaired) electrons. The van der Waals surface area contributed by atoms with Crippen LogP contribution >= 0.6 is 11.8 Å². The smallest absolute Gasteiger partial charge is 0.407 e. The van der Waals surface area contributed by atoms with E-state index in [1.807, 2.05) is 37.4 Å². The molecule has 2 amide bonds. The van der Waals surface area contributed by atoms with Crippen LogP contribution in [0.4, 0.5) is 4.79 Å². The zero-order chi connectivity index (χ0) is 25.2. The lowest BCUT2D eigenvalue weighted by Gasteiger charge is -2.26. The maximum Gasteiger partial charge on any atom is 0.407 e. The minimum Gasteiger partial charge on any atom is -0.481 e. The molecule has 1 aliphatic carbocycles. The van der Waals surface area contributed by atoms with Gasteiger partial charge in [-0.25, -0.2) is 4.79 Å². The second-order valence-corrected chi connectivity index (χ2v) is 10.6. The number of fused-ring (bicyclic) bond motifs is 3. The number of thioether (sulfide) groups is 1. The Hall–Kier alpha value is -3.00. The topological polar surface area (TPSA) is 95.9 Å². The van der Waals surface area contributed by atoms with Gasteiger partial charge in [0.1, 0.15) is 12.6 Å². The summed E-state index contributed by atoms with van der Waals surface area (Å²) in [6, 6.07) is 15.5. The highest BCUT2D eigenvalue weighted by molar-refractivity contribution is 7.98. The van der Waals surface area contributed by atoms with Crippen molar-refractivity contribution in [2.45, 2.75) is 32.2 Å². The highest BCUT2D eigenvalue weighted by Gasteiger charge is 2.48. The second-order valence-electron chi connectivity index (χ2n) is 9.65. The van der Waals surface area contributed by atoms with Crippen LogP contribution in [0.25, 0.3) is 11.1 Å². The van der Waals surface area contributed by atoms with E-state index in [-0.39, 0.29) is 30.9 Å². The first-order valence-corrected chi connectivity index (χ1v) is 13.3. The number of ether oxygens (including phenoxy) is 1. The van der Waals surface area contributed by atoms with Gasteiger partial charge in [-0.3, -0.25) is 9.59 Å². The zero-order valence-electron chi connectivity index (χ0n) is 20.3. The molecule has 35 heavy (non-hydrogen) atoms. The van der Waals surface area contributed by atoms with E-state index >= 15 is 0 Å². The molecule has 0 saturated carbocycles. The highest BCUT2D eigenvalue weighted by Crippen LogP contribution is 2.44. The van der Waals surface area contributed by atoms with Crippen molar-refractivity contribution in [2.24, 2.45) is 11.3 Å². The lowest BCUT2D eigenvalue weighted by Crippen LogP contribution is -2.49. The van der Waals surface area contributed by atoms with E-state index in [4.69, 9.17) is 4.74 Å². The predicted molar refractivity (Wildman–Crippen MR) is 136 cm³/mol. The molecule has 0 aromatic heterocycles. The van der Waals surface area contributed by atoms with E-state index in [0.717, 1.165) is 22.3 Å². The summed E-state index contributed by atoms with van der Waals surface area (Å²) in [5, 5.41) is 12.4. The Bertz CT molecular complexity index is 1080. The number of aliphatic carboxylic acids is 1. The standard InChI is InChI=1S/C27H32N2O5S/c1-17-14-29(16-27(17,2)25(31)32)24(30)23(12-13-35-3)28-26(33)34-15-22-20-10-6-4-8-18(20)19-9-5-7-11-21(19)22/h4-11,17,22-23H,12-16H2,1-3H3,(H,28,33)(H,31,32). The van der Waals surface area contributed by atoms with Crippen LogP contribution < -0.4 is 5.32 Å². The fourth-order valence-corrected chi connectivity index (χ4v) is 5.56. The van der Waals surface area contributed by atoms with Gasteiger partial charge in [0.05, 0.1) is 5.41 Å².